The molecule has 2 atom stereocenters. The molecule has 0 aromatic heterocycles. The van der Waals surface area contributed by atoms with Crippen molar-refractivity contribution in [2.75, 3.05) is 26.4 Å². The number of phosphoric acid groups is 1. The van der Waals surface area contributed by atoms with Gasteiger partial charge in [0.2, 0.25) is 0 Å². The van der Waals surface area contributed by atoms with E-state index in [0.717, 1.165) is 148 Å². The molecule has 0 aromatic carbocycles. The smallest absolute Gasteiger partial charge is 0.462 e. The standard InChI is InChI=1S/C73H114NO8P/c1-3-5-7-9-11-13-15-17-19-21-23-25-27-29-30-31-32-33-34-35-36-37-38-39-40-42-44-46-48-50-52-54-56-58-60-62-64-66-73(76)82-71(70-81-83(77,78)80-68-67-74)69-79-72(75)65-63-61-59-57-55-53-51-49-47-45-43-41-28-26-24-22-20-18-16-14-12-10-8-6-4-2/h5-8,11-14,17-20,23-26,29-30,32-33,35-36,38-39,41-44,47,49,53,55,71H,3-4,9-10,15-16,21-22,27-28,31,34,37,40,45-46,48,50-52,54,56-70,74H2,1-2H3,(H,77,78)/b7-5-,8-6-,13-11-,14-12-,19-17-,20-18-,25-23-,26-24-,30-29-,33-32-,36-35-,39-38-,43-41-,44-42-,49-47-,55-53-. The van der Waals surface area contributed by atoms with Crippen LogP contribution < -0.4 is 5.73 Å². The van der Waals surface area contributed by atoms with Crippen LogP contribution in [0.3, 0.4) is 0 Å². The number of esters is 2. The highest BCUT2D eigenvalue weighted by Gasteiger charge is 2.26. The van der Waals surface area contributed by atoms with E-state index in [1.54, 1.807) is 0 Å². The molecule has 0 saturated heterocycles. The first-order chi connectivity index (χ1) is 40.8. The van der Waals surface area contributed by atoms with Crippen molar-refractivity contribution in [3.63, 3.8) is 0 Å². The Morgan fingerprint density at radius 1 is 0.361 bits per heavy atom. The molecule has 9 nitrogen and oxygen atoms in total. The van der Waals surface area contributed by atoms with Crippen LogP contribution in [-0.4, -0.2) is 49.3 Å². The van der Waals surface area contributed by atoms with Crippen molar-refractivity contribution >= 4 is 19.8 Å². The second-order valence-electron chi connectivity index (χ2n) is 20.2. The van der Waals surface area contributed by atoms with Crippen LogP contribution in [0.15, 0.2) is 194 Å². The van der Waals surface area contributed by atoms with Gasteiger partial charge in [-0.1, -0.05) is 260 Å². The summed E-state index contributed by atoms with van der Waals surface area (Å²) >= 11 is 0. The van der Waals surface area contributed by atoms with Gasteiger partial charge in [-0.25, -0.2) is 4.57 Å². The molecule has 0 aliphatic heterocycles. The zero-order chi connectivity index (χ0) is 60.1. The van der Waals surface area contributed by atoms with Crippen molar-refractivity contribution < 1.29 is 37.6 Å². The number of phosphoric ester groups is 1. The predicted molar refractivity (Wildman–Crippen MR) is 357 cm³/mol. The van der Waals surface area contributed by atoms with Crippen LogP contribution in [-0.2, 0) is 32.7 Å². The number of nitrogens with two attached hydrogens (primary N) is 1. The number of rotatable bonds is 57. The van der Waals surface area contributed by atoms with Crippen molar-refractivity contribution in [3.05, 3.63) is 194 Å². The Balaban J connectivity index is 4.08. The van der Waals surface area contributed by atoms with Gasteiger partial charge in [-0.2, -0.15) is 0 Å². The molecule has 0 amide bonds. The molecule has 0 radical (unpaired) electrons. The predicted octanol–water partition coefficient (Wildman–Crippen LogP) is 21.0. The first kappa shape index (κ1) is 77.9. The van der Waals surface area contributed by atoms with Crippen molar-refractivity contribution in [3.8, 4) is 0 Å². The molecule has 0 heterocycles. The molecule has 0 spiro atoms. The summed E-state index contributed by atoms with van der Waals surface area (Å²) < 4.78 is 33.1. The minimum absolute atomic E-state index is 0.0364. The highest BCUT2D eigenvalue weighted by Crippen LogP contribution is 2.43. The van der Waals surface area contributed by atoms with E-state index in [2.05, 4.69) is 208 Å². The molecule has 0 saturated carbocycles. The molecule has 0 rings (SSSR count). The first-order valence-corrected chi connectivity index (χ1v) is 33.4. The van der Waals surface area contributed by atoms with Crippen molar-refractivity contribution in [2.45, 2.75) is 225 Å². The molecule has 0 bridgehead atoms. The molecular formula is C73H114NO8P. The van der Waals surface area contributed by atoms with Crippen LogP contribution in [0.4, 0.5) is 0 Å². The van der Waals surface area contributed by atoms with E-state index in [0.29, 0.717) is 12.8 Å². The third-order valence-electron chi connectivity index (χ3n) is 12.5. The number of hydrogen-bond acceptors (Lipinski definition) is 8. The summed E-state index contributed by atoms with van der Waals surface area (Å²) in [6.07, 6.45) is 101. The number of ether oxygens (including phenoxy) is 2. The summed E-state index contributed by atoms with van der Waals surface area (Å²) in [5.74, 6) is -0.889. The average Bonchev–Trinajstić information content (AvgIpc) is 3.49. The second-order valence-corrected chi connectivity index (χ2v) is 21.6. The molecule has 83 heavy (non-hydrogen) atoms. The van der Waals surface area contributed by atoms with Crippen molar-refractivity contribution in [2.24, 2.45) is 5.73 Å². The average molecular weight is 1160 g/mol. The highest BCUT2D eigenvalue weighted by molar-refractivity contribution is 7.47. The van der Waals surface area contributed by atoms with Gasteiger partial charge in [0.25, 0.3) is 0 Å². The van der Waals surface area contributed by atoms with Gasteiger partial charge in [0.15, 0.2) is 6.10 Å². The zero-order valence-corrected chi connectivity index (χ0v) is 52.7. The van der Waals surface area contributed by atoms with Crippen LogP contribution in [0.1, 0.15) is 219 Å². The normalized spacial score (nSPS) is 14.3. The monoisotopic (exact) mass is 1160 g/mol. The number of carbonyl (C=O) groups is 2. The molecular weight excluding hydrogens is 1050 g/mol. The maximum absolute atomic E-state index is 12.7. The third-order valence-corrected chi connectivity index (χ3v) is 13.5. The molecule has 0 aromatic rings. The zero-order valence-electron chi connectivity index (χ0n) is 51.8. The van der Waals surface area contributed by atoms with Crippen LogP contribution in [0.2, 0.25) is 0 Å². The maximum atomic E-state index is 12.7. The Kier molecular flexibility index (Phi) is 61.9. The lowest BCUT2D eigenvalue weighted by Gasteiger charge is -2.19. The Morgan fingerprint density at radius 3 is 0.940 bits per heavy atom. The van der Waals surface area contributed by atoms with Crippen LogP contribution in [0.25, 0.3) is 0 Å². The lowest BCUT2D eigenvalue weighted by atomic mass is 10.1. The van der Waals surface area contributed by atoms with Crippen molar-refractivity contribution in [1.82, 2.24) is 0 Å². The van der Waals surface area contributed by atoms with Gasteiger partial charge in [-0.15, -0.1) is 0 Å². The maximum Gasteiger partial charge on any atom is 0.472 e. The number of unbranched alkanes of at least 4 members (excludes halogenated alkanes) is 12. The molecule has 0 fully saturated rings. The van der Waals surface area contributed by atoms with Crippen LogP contribution in [0.5, 0.6) is 0 Å². The summed E-state index contributed by atoms with van der Waals surface area (Å²) in [7, 11) is -4.42. The van der Waals surface area contributed by atoms with Gasteiger partial charge in [-0.3, -0.25) is 18.6 Å². The molecule has 0 aliphatic rings. The van der Waals surface area contributed by atoms with Crippen molar-refractivity contribution in [1.29, 1.82) is 0 Å². The van der Waals surface area contributed by atoms with E-state index in [1.807, 2.05) is 0 Å². The van der Waals surface area contributed by atoms with Gasteiger partial charge < -0.3 is 20.1 Å². The van der Waals surface area contributed by atoms with Gasteiger partial charge in [0.05, 0.1) is 13.2 Å². The Bertz CT molecular complexity index is 2060. The fourth-order valence-electron chi connectivity index (χ4n) is 7.84. The third kappa shape index (κ3) is 65.9. The summed E-state index contributed by atoms with van der Waals surface area (Å²) in [6, 6.07) is 0. The summed E-state index contributed by atoms with van der Waals surface area (Å²) in [5.41, 5.74) is 5.39. The quantitative estimate of drug-likeness (QED) is 0.0264. The lowest BCUT2D eigenvalue weighted by Crippen LogP contribution is -2.29. The van der Waals surface area contributed by atoms with Crippen LogP contribution in [0, 0.1) is 0 Å². The van der Waals surface area contributed by atoms with Gasteiger partial charge >= 0.3 is 19.8 Å². The first-order valence-electron chi connectivity index (χ1n) is 31.9. The van der Waals surface area contributed by atoms with E-state index in [4.69, 9.17) is 24.3 Å². The Hall–Kier alpha value is -5.15. The van der Waals surface area contributed by atoms with E-state index in [-0.39, 0.29) is 32.6 Å². The largest absolute Gasteiger partial charge is 0.472 e. The molecule has 10 heteroatoms. The number of allylic oxidation sites excluding steroid dienone is 32. The van der Waals surface area contributed by atoms with Crippen LogP contribution >= 0.6 is 7.82 Å². The fraction of sp³-hybridized carbons (Fsp3) is 0.534. The molecule has 464 valence electrons. The Labute approximate surface area is 506 Å². The molecule has 2 unspecified atom stereocenters. The summed E-state index contributed by atoms with van der Waals surface area (Å²) in [5, 5.41) is 0. The van der Waals surface area contributed by atoms with E-state index in [1.165, 1.54) is 32.1 Å². The highest BCUT2D eigenvalue weighted by atomic mass is 31.2. The van der Waals surface area contributed by atoms with Gasteiger partial charge in [0.1, 0.15) is 6.61 Å². The topological polar surface area (TPSA) is 134 Å². The summed E-state index contributed by atoms with van der Waals surface area (Å²) in [6.45, 7) is 3.44. The van der Waals surface area contributed by atoms with E-state index >= 15 is 0 Å². The minimum atomic E-state index is -4.42. The second kappa shape index (κ2) is 66.0. The number of hydrogen-bond donors (Lipinski definition) is 2. The van der Waals surface area contributed by atoms with Gasteiger partial charge in [-0.05, 0) is 141 Å². The van der Waals surface area contributed by atoms with E-state index in [9.17, 15) is 19.0 Å². The fourth-order valence-corrected chi connectivity index (χ4v) is 8.61. The molecule has 0 aliphatic carbocycles. The molecule has 3 N–H and O–H groups in total. The minimum Gasteiger partial charge on any atom is -0.462 e. The lowest BCUT2D eigenvalue weighted by molar-refractivity contribution is -0.161. The SMILES string of the molecule is CC/C=C\C/C=C\C/C=C\C/C=C\C/C=C\C/C=C\C/C=C\C/C=C\C/C=C\CCCCCCCCCCCC(=O)OC(COC(=O)CCCCC/C=C\C/C=C\C/C=C\C/C=C\C/C=C\C/C=C\C/C=C\CC)COP(=O)(O)OCCN. The van der Waals surface area contributed by atoms with Gasteiger partial charge in [0, 0.05) is 19.4 Å². The number of carbonyl (C=O) groups excluding carboxylic acids is 2. The Morgan fingerprint density at radius 2 is 0.627 bits per heavy atom. The summed E-state index contributed by atoms with van der Waals surface area (Å²) in [4.78, 5) is 35.3. The van der Waals surface area contributed by atoms with E-state index < -0.39 is 32.5 Å².